The van der Waals surface area contributed by atoms with Crippen LogP contribution in [0.15, 0.2) is 176 Å². The molecule has 194 valence electrons. The lowest BCUT2D eigenvalue weighted by atomic mass is 10.0. The lowest BCUT2D eigenvalue weighted by Gasteiger charge is -2.26. The summed E-state index contributed by atoms with van der Waals surface area (Å²) in [6.45, 7) is 2.20. The summed E-state index contributed by atoms with van der Waals surface area (Å²) >= 11 is 0. The van der Waals surface area contributed by atoms with Gasteiger partial charge in [-0.15, -0.1) is 0 Å². The maximum absolute atomic E-state index is 2.31. The standard InChI is InChI=1S/C38H32N2/c1-30-12-11-19-36(25-20-30)40(35-17-9-4-10-18-35)38-28-23-32(24-29-38)31-21-26-37(27-22-31)39(33-13-5-2-6-14-33)34-15-7-3-8-16-34/h2-30H,1H3. The van der Waals surface area contributed by atoms with E-state index in [1.165, 1.54) is 11.1 Å². The van der Waals surface area contributed by atoms with Crippen molar-refractivity contribution in [2.75, 3.05) is 9.80 Å². The van der Waals surface area contributed by atoms with Crippen molar-refractivity contribution in [3.05, 3.63) is 176 Å². The highest BCUT2D eigenvalue weighted by Crippen LogP contribution is 2.36. The number of rotatable bonds is 7. The van der Waals surface area contributed by atoms with Gasteiger partial charge in [0.15, 0.2) is 0 Å². The van der Waals surface area contributed by atoms with E-state index in [9.17, 15) is 0 Å². The van der Waals surface area contributed by atoms with Crippen LogP contribution in [0, 0.1) is 5.92 Å². The van der Waals surface area contributed by atoms with Gasteiger partial charge in [-0.2, -0.15) is 0 Å². The fourth-order valence-electron chi connectivity index (χ4n) is 5.08. The Balaban J connectivity index is 1.31. The van der Waals surface area contributed by atoms with Crippen LogP contribution in [0.5, 0.6) is 0 Å². The van der Waals surface area contributed by atoms with Crippen molar-refractivity contribution in [3.63, 3.8) is 0 Å². The third-order valence-electron chi connectivity index (χ3n) is 7.14. The first kappa shape index (κ1) is 25.2. The Bertz CT molecular complexity index is 1580. The Hall–Kier alpha value is -5.08. The highest BCUT2D eigenvalue weighted by molar-refractivity contribution is 5.79. The molecule has 6 rings (SSSR count). The van der Waals surface area contributed by atoms with Gasteiger partial charge in [-0.3, -0.25) is 0 Å². The van der Waals surface area contributed by atoms with Crippen LogP contribution >= 0.6 is 0 Å². The third kappa shape index (κ3) is 5.52. The molecule has 2 nitrogen and oxygen atoms in total. The Labute approximate surface area is 237 Å². The molecule has 0 heterocycles. The normalized spacial score (nSPS) is 14.3. The maximum atomic E-state index is 2.31. The molecule has 1 aliphatic rings. The zero-order chi connectivity index (χ0) is 27.1. The monoisotopic (exact) mass is 516 g/mol. The fourth-order valence-corrected chi connectivity index (χ4v) is 5.08. The van der Waals surface area contributed by atoms with Crippen LogP contribution in [-0.4, -0.2) is 0 Å². The van der Waals surface area contributed by atoms with Crippen molar-refractivity contribution in [2.45, 2.75) is 6.92 Å². The summed E-state index contributed by atoms with van der Waals surface area (Å²) in [5.41, 5.74) is 9.19. The molecule has 1 aliphatic carbocycles. The van der Waals surface area contributed by atoms with Crippen LogP contribution < -0.4 is 9.80 Å². The van der Waals surface area contributed by atoms with Crippen LogP contribution in [0.1, 0.15) is 6.92 Å². The number of allylic oxidation sites excluding steroid dienone is 5. The van der Waals surface area contributed by atoms with E-state index in [4.69, 9.17) is 0 Å². The molecule has 40 heavy (non-hydrogen) atoms. The molecule has 0 spiro atoms. The fraction of sp³-hybridized carbons (Fsp3) is 0.0526. The molecule has 5 aromatic rings. The summed E-state index contributed by atoms with van der Waals surface area (Å²) in [7, 11) is 0. The van der Waals surface area contributed by atoms with Crippen molar-refractivity contribution in [1.29, 1.82) is 0 Å². The number of hydrogen-bond donors (Lipinski definition) is 0. The van der Waals surface area contributed by atoms with Gasteiger partial charge in [0.2, 0.25) is 0 Å². The topological polar surface area (TPSA) is 6.48 Å². The third-order valence-corrected chi connectivity index (χ3v) is 7.14. The van der Waals surface area contributed by atoms with Gasteiger partial charge >= 0.3 is 0 Å². The quantitative estimate of drug-likeness (QED) is 0.212. The summed E-state index contributed by atoms with van der Waals surface area (Å²) in [4.78, 5) is 4.59. The number of nitrogens with zero attached hydrogens (tertiary/aromatic N) is 2. The molecule has 0 radical (unpaired) electrons. The van der Waals surface area contributed by atoms with Gasteiger partial charge in [-0.25, -0.2) is 0 Å². The molecule has 1 atom stereocenters. The molecule has 1 unspecified atom stereocenters. The number of benzene rings is 5. The minimum atomic E-state index is 0.413. The average Bonchev–Trinajstić information content (AvgIpc) is 3.24. The van der Waals surface area contributed by atoms with Crippen molar-refractivity contribution in [1.82, 2.24) is 0 Å². The average molecular weight is 517 g/mol. The molecule has 0 saturated carbocycles. The molecule has 5 aromatic carbocycles. The van der Waals surface area contributed by atoms with Gasteiger partial charge in [0.25, 0.3) is 0 Å². The van der Waals surface area contributed by atoms with Crippen molar-refractivity contribution < 1.29 is 0 Å². The van der Waals surface area contributed by atoms with E-state index >= 15 is 0 Å². The van der Waals surface area contributed by atoms with Gasteiger partial charge < -0.3 is 9.80 Å². The van der Waals surface area contributed by atoms with E-state index in [0.717, 1.165) is 34.1 Å². The molecular weight excluding hydrogens is 484 g/mol. The molecule has 0 fully saturated rings. The van der Waals surface area contributed by atoms with Crippen molar-refractivity contribution in [3.8, 4) is 11.1 Å². The zero-order valence-electron chi connectivity index (χ0n) is 22.6. The number of hydrogen-bond acceptors (Lipinski definition) is 2. The molecule has 0 aliphatic heterocycles. The summed E-state index contributed by atoms with van der Waals surface area (Å²) in [6.07, 6.45) is 11.0. The van der Waals surface area contributed by atoms with E-state index in [2.05, 4.69) is 187 Å². The number of anilines is 5. The Kier molecular flexibility index (Phi) is 7.41. The Morgan fingerprint density at radius 1 is 0.425 bits per heavy atom. The highest BCUT2D eigenvalue weighted by Gasteiger charge is 2.15. The van der Waals surface area contributed by atoms with E-state index in [1.807, 2.05) is 0 Å². The van der Waals surface area contributed by atoms with Crippen molar-refractivity contribution in [2.24, 2.45) is 5.92 Å². The minimum absolute atomic E-state index is 0.413. The van der Waals surface area contributed by atoms with Crippen molar-refractivity contribution >= 4 is 28.4 Å². The van der Waals surface area contributed by atoms with Gasteiger partial charge in [-0.05, 0) is 89.9 Å². The second-order valence-corrected chi connectivity index (χ2v) is 9.97. The number of para-hydroxylation sites is 3. The first-order chi connectivity index (χ1) is 19.8. The van der Waals surface area contributed by atoms with Crippen LogP contribution in [0.3, 0.4) is 0 Å². The van der Waals surface area contributed by atoms with E-state index in [1.54, 1.807) is 0 Å². The molecule has 0 aromatic heterocycles. The maximum Gasteiger partial charge on any atom is 0.0462 e. The first-order valence-corrected chi connectivity index (χ1v) is 13.8. The molecule has 0 N–H and O–H groups in total. The van der Waals surface area contributed by atoms with Gasteiger partial charge in [0.05, 0.1) is 0 Å². The molecular formula is C38H32N2. The predicted molar refractivity (Wildman–Crippen MR) is 171 cm³/mol. The lowest BCUT2D eigenvalue weighted by molar-refractivity contribution is 0.941. The Morgan fingerprint density at radius 3 is 1.30 bits per heavy atom. The molecule has 0 amide bonds. The summed E-state index contributed by atoms with van der Waals surface area (Å²) in [6, 6.07) is 49.2. The Morgan fingerprint density at radius 2 is 0.825 bits per heavy atom. The van der Waals surface area contributed by atoms with E-state index in [-0.39, 0.29) is 0 Å². The van der Waals surface area contributed by atoms with Crippen LogP contribution in [0.4, 0.5) is 28.4 Å². The smallest absolute Gasteiger partial charge is 0.0462 e. The molecule has 0 saturated heterocycles. The van der Waals surface area contributed by atoms with E-state index in [0.29, 0.717) is 5.92 Å². The van der Waals surface area contributed by atoms with Gasteiger partial charge in [0, 0.05) is 34.1 Å². The summed E-state index contributed by atoms with van der Waals surface area (Å²) < 4.78 is 0. The van der Waals surface area contributed by atoms with Crippen LogP contribution in [0.25, 0.3) is 11.1 Å². The first-order valence-electron chi connectivity index (χ1n) is 13.8. The summed E-state index contributed by atoms with van der Waals surface area (Å²) in [5, 5.41) is 0. The van der Waals surface area contributed by atoms with Crippen LogP contribution in [0.2, 0.25) is 0 Å². The molecule has 0 bridgehead atoms. The van der Waals surface area contributed by atoms with E-state index < -0.39 is 0 Å². The largest absolute Gasteiger partial charge is 0.311 e. The molecule has 2 heteroatoms. The predicted octanol–water partition coefficient (Wildman–Crippen LogP) is 10.6. The zero-order valence-corrected chi connectivity index (χ0v) is 22.6. The summed E-state index contributed by atoms with van der Waals surface area (Å²) in [5.74, 6) is 0.413. The lowest BCUT2D eigenvalue weighted by Crippen LogP contribution is -2.15. The van der Waals surface area contributed by atoms with Crippen LogP contribution in [-0.2, 0) is 0 Å². The second-order valence-electron chi connectivity index (χ2n) is 9.97. The van der Waals surface area contributed by atoms with Gasteiger partial charge in [0.1, 0.15) is 0 Å². The SMILES string of the molecule is CC1C=CC=C(N(c2ccccc2)c2ccc(-c3ccc(N(c4ccccc4)c4ccccc4)cc3)cc2)C=C1. The van der Waals surface area contributed by atoms with Gasteiger partial charge in [-0.1, -0.05) is 104 Å². The minimum Gasteiger partial charge on any atom is -0.311 e. The highest BCUT2D eigenvalue weighted by atomic mass is 15.1. The second kappa shape index (κ2) is 11.8.